The van der Waals surface area contributed by atoms with Gasteiger partial charge < -0.3 is 9.64 Å². The van der Waals surface area contributed by atoms with E-state index in [4.69, 9.17) is 4.74 Å². The summed E-state index contributed by atoms with van der Waals surface area (Å²) in [5.74, 6) is 2.01. The largest absolute Gasteiger partial charge is 0.376 e. The zero-order valence-corrected chi connectivity index (χ0v) is 15.9. The topological polar surface area (TPSA) is 29.5 Å². The molecule has 5 aliphatic rings. The molecule has 1 heterocycles. The summed E-state index contributed by atoms with van der Waals surface area (Å²) in [6.45, 7) is 4.74. The van der Waals surface area contributed by atoms with Gasteiger partial charge in [0.05, 0.1) is 11.5 Å². The maximum absolute atomic E-state index is 13.5. The second-order valence-corrected chi connectivity index (χ2v) is 10.5. The van der Waals surface area contributed by atoms with Gasteiger partial charge in [-0.05, 0) is 69.6 Å². The second-order valence-electron chi connectivity index (χ2n) is 8.78. The molecular formula is C19H30BrNO2. The highest BCUT2D eigenvalue weighted by molar-refractivity contribution is 9.10. The molecular weight excluding hydrogens is 354 g/mol. The Kier molecular flexibility index (Phi) is 4.28. The van der Waals surface area contributed by atoms with E-state index >= 15 is 0 Å². The minimum atomic E-state index is -0.0553. The molecule has 1 saturated heterocycles. The van der Waals surface area contributed by atoms with Gasteiger partial charge in [0.1, 0.15) is 0 Å². The van der Waals surface area contributed by atoms with Gasteiger partial charge in [0, 0.05) is 24.0 Å². The molecule has 0 aromatic carbocycles. The highest BCUT2D eigenvalue weighted by Crippen LogP contribution is 2.64. The number of rotatable bonds is 4. The van der Waals surface area contributed by atoms with Gasteiger partial charge >= 0.3 is 0 Å². The monoisotopic (exact) mass is 383 g/mol. The molecule has 0 aromatic rings. The lowest BCUT2D eigenvalue weighted by atomic mass is 9.49. The molecule has 0 aromatic heterocycles. The smallest absolute Gasteiger partial charge is 0.228 e. The fraction of sp³-hybridized carbons (Fsp3) is 0.947. The third-order valence-corrected chi connectivity index (χ3v) is 7.59. The Morgan fingerprint density at radius 1 is 1.26 bits per heavy atom. The summed E-state index contributed by atoms with van der Waals surface area (Å²) in [5, 5.41) is 0. The minimum absolute atomic E-state index is 0.0553. The Hall–Kier alpha value is -0.0900. The standard InChI is InChI=1S/C19H30BrNO2/c1-2-6-23-16-4-3-5-21(12-16)17(22)18-8-14-7-15(9-18)11-19(20,10-14)13-18/h14-16H,2-13H2,1H3/t14-,15-,16+,18?,19?/m1/s1. The number of carbonyl (C=O) groups excluding carboxylic acids is 1. The predicted molar refractivity (Wildman–Crippen MR) is 94.6 cm³/mol. The Labute approximate surface area is 148 Å². The third-order valence-electron chi connectivity index (χ3n) is 6.67. The van der Waals surface area contributed by atoms with Crippen LogP contribution in [0, 0.1) is 17.3 Å². The van der Waals surface area contributed by atoms with Crippen LogP contribution in [0.5, 0.6) is 0 Å². The van der Waals surface area contributed by atoms with Gasteiger partial charge in [0.2, 0.25) is 5.91 Å². The van der Waals surface area contributed by atoms with E-state index in [-0.39, 0.29) is 15.8 Å². The van der Waals surface area contributed by atoms with Crippen LogP contribution in [0.4, 0.5) is 0 Å². The quantitative estimate of drug-likeness (QED) is 0.682. The highest BCUT2D eigenvalue weighted by atomic mass is 79.9. The van der Waals surface area contributed by atoms with Crippen molar-refractivity contribution >= 4 is 21.8 Å². The molecule has 5 rings (SSSR count). The molecule has 0 unspecified atom stereocenters. The molecule has 0 N–H and O–H groups in total. The summed E-state index contributed by atoms with van der Waals surface area (Å²) >= 11 is 4.04. The van der Waals surface area contributed by atoms with Gasteiger partial charge in [-0.3, -0.25) is 4.79 Å². The fourth-order valence-corrected chi connectivity index (χ4v) is 7.73. The maximum Gasteiger partial charge on any atom is 0.228 e. The fourth-order valence-electron chi connectivity index (χ4n) is 6.28. The van der Waals surface area contributed by atoms with Crippen LogP contribution in [0.2, 0.25) is 0 Å². The van der Waals surface area contributed by atoms with Crippen LogP contribution in [0.1, 0.15) is 64.7 Å². The molecule has 5 fully saturated rings. The molecule has 0 radical (unpaired) electrons. The molecule has 130 valence electrons. The van der Waals surface area contributed by atoms with Crippen molar-refractivity contribution in [3.8, 4) is 0 Å². The van der Waals surface area contributed by atoms with Gasteiger partial charge in [-0.1, -0.05) is 22.9 Å². The number of likely N-dealkylation sites (tertiary alicyclic amines) is 1. The maximum atomic E-state index is 13.5. The molecule has 1 amide bonds. The second kappa shape index (κ2) is 6.01. The highest BCUT2D eigenvalue weighted by Gasteiger charge is 2.60. The first-order chi connectivity index (χ1) is 11.0. The summed E-state index contributed by atoms with van der Waals surface area (Å²) in [7, 11) is 0. The zero-order valence-electron chi connectivity index (χ0n) is 14.4. The summed E-state index contributed by atoms with van der Waals surface area (Å²) in [6, 6.07) is 0. The number of alkyl halides is 1. The number of ether oxygens (including phenoxy) is 1. The van der Waals surface area contributed by atoms with E-state index in [0.717, 1.165) is 70.1 Å². The van der Waals surface area contributed by atoms with E-state index < -0.39 is 0 Å². The zero-order chi connectivity index (χ0) is 16.1. The lowest BCUT2D eigenvalue weighted by molar-refractivity contribution is -0.159. The molecule has 23 heavy (non-hydrogen) atoms. The Morgan fingerprint density at radius 3 is 2.65 bits per heavy atom. The number of piperidine rings is 1. The third kappa shape index (κ3) is 2.99. The van der Waals surface area contributed by atoms with E-state index in [1.807, 2.05) is 0 Å². The average molecular weight is 384 g/mol. The molecule has 3 nitrogen and oxygen atoms in total. The predicted octanol–water partition coefficient (Wildman–Crippen LogP) is 4.14. The van der Waals surface area contributed by atoms with Crippen molar-refractivity contribution in [3.05, 3.63) is 0 Å². The van der Waals surface area contributed by atoms with Crippen molar-refractivity contribution in [1.82, 2.24) is 4.90 Å². The van der Waals surface area contributed by atoms with Crippen LogP contribution < -0.4 is 0 Å². The number of carbonyl (C=O) groups is 1. The summed E-state index contributed by atoms with van der Waals surface area (Å²) in [4.78, 5) is 15.6. The van der Waals surface area contributed by atoms with E-state index in [2.05, 4.69) is 27.8 Å². The number of hydrogen-bond donors (Lipinski definition) is 0. The van der Waals surface area contributed by atoms with E-state index in [0.29, 0.717) is 5.91 Å². The Balaban J connectivity index is 1.48. The minimum Gasteiger partial charge on any atom is -0.376 e. The summed E-state index contributed by atoms with van der Waals surface area (Å²) in [6.07, 6.45) is 10.9. The molecule has 1 aliphatic heterocycles. The molecule has 4 aliphatic carbocycles. The van der Waals surface area contributed by atoms with Crippen LogP contribution in [0.25, 0.3) is 0 Å². The molecule has 4 bridgehead atoms. The summed E-state index contributed by atoms with van der Waals surface area (Å²) < 4.78 is 6.21. The van der Waals surface area contributed by atoms with Crippen molar-refractivity contribution in [2.75, 3.05) is 19.7 Å². The van der Waals surface area contributed by atoms with Gasteiger partial charge in [0.15, 0.2) is 0 Å². The van der Waals surface area contributed by atoms with Crippen LogP contribution in [0.3, 0.4) is 0 Å². The van der Waals surface area contributed by atoms with Gasteiger partial charge in [0.25, 0.3) is 0 Å². The lowest BCUT2D eigenvalue weighted by Gasteiger charge is -2.60. The van der Waals surface area contributed by atoms with Crippen LogP contribution in [-0.4, -0.2) is 40.9 Å². The Bertz CT molecular complexity index is 466. The molecule has 3 atom stereocenters. The molecule has 4 saturated carbocycles. The normalized spacial score (nSPS) is 45.5. The van der Waals surface area contributed by atoms with Gasteiger partial charge in [-0.25, -0.2) is 0 Å². The first-order valence-corrected chi connectivity index (χ1v) is 10.4. The van der Waals surface area contributed by atoms with Crippen molar-refractivity contribution in [2.45, 2.75) is 75.1 Å². The summed E-state index contributed by atoms with van der Waals surface area (Å²) in [5.41, 5.74) is -0.0553. The van der Waals surface area contributed by atoms with E-state index in [1.165, 1.54) is 19.3 Å². The number of hydrogen-bond acceptors (Lipinski definition) is 2. The van der Waals surface area contributed by atoms with E-state index in [1.54, 1.807) is 0 Å². The van der Waals surface area contributed by atoms with Gasteiger partial charge in [-0.15, -0.1) is 0 Å². The SMILES string of the molecule is CCCO[C@H]1CCCN(C(=O)C23C[C@H]4C[C@@H](CC(Br)(C4)C2)C3)C1. The van der Waals surface area contributed by atoms with Gasteiger partial charge in [-0.2, -0.15) is 0 Å². The van der Waals surface area contributed by atoms with Crippen LogP contribution in [-0.2, 0) is 9.53 Å². The van der Waals surface area contributed by atoms with Crippen LogP contribution in [0.15, 0.2) is 0 Å². The lowest BCUT2D eigenvalue weighted by Crippen LogP contribution is -2.60. The van der Waals surface area contributed by atoms with Crippen molar-refractivity contribution in [2.24, 2.45) is 17.3 Å². The average Bonchev–Trinajstić information content (AvgIpc) is 2.50. The first kappa shape index (κ1) is 16.4. The molecule has 4 heteroatoms. The number of amides is 1. The van der Waals surface area contributed by atoms with Crippen molar-refractivity contribution in [1.29, 1.82) is 0 Å². The van der Waals surface area contributed by atoms with Crippen molar-refractivity contribution in [3.63, 3.8) is 0 Å². The van der Waals surface area contributed by atoms with Crippen LogP contribution >= 0.6 is 15.9 Å². The number of halogens is 1. The van der Waals surface area contributed by atoms with E-state index in [9.17, 15) is 4.79 Å². The molecule has 0 spiro atoms. The first-order valence-electron chi connectivity index (χ1n) is 9.62. The van der Waals surface area contributed by atoms with Crippen molar-refractivity contribution < 1.29 is 9.53 Å². The number of nitrogens with zero attached hydrogens (tertiary/aromatic N) is 1. The Morgan fingerprint density at radius 2 is 2.00 bits per heavy atom.